The Morgan fingerprint density at radius 3 is 1.45 bits per heavy atom. The van der Waals surface area contributed by atoms with Crippen molar-refractivity contribution in [3.05, 3.63) is 0 Å². The monoisotopic (exact) mass is 165 g/mol. The third-order valence-electron chi connectivity index (χ3n) is 0.591. The van der Waals surface area contributed by atoms with Crippen LogP contribution in [0.25, 0.3) is 0 Å². The fourth-order valence-electron chi connectivity index (χ4n) is 0. The summed E-state index contributed by atoms with van der Waals surface area (Å²) in [6.45, 7) is 3.14. The molecule has 5 nitrogen and oxygen atoms in total. The van der Waals surface area contributed by atoms with Crippen LogP contribution in [0.2, 0.25) is 0 Å². The average molecular weight is 165 g/mol. The summed E-state index contributed by atoms with van der Waals surface area (Å²) in [7, 11) is 0. The topological polar surface area (TPSA) is 114 Å². The largest absolute Gasteiger partial charge is 0.550 e. The normalized spacial score (nSPS) is 6.73. The molecule has 0 saturated carbocycles. The third kappa shape index (κ3) is 50.4. The van der Waals surface area contributed by atoms with Gasteiger partial charge in [0.1, 0.15) is 0 Å². The maximum Gasteiger partial charge on any atom is 0.303 e. The van der Waals surface area contributed by atoms with E-state index in [9.17, 15) is 14.7 Å². The second kappa shape index (κ2) is 11.7. The Hall–Kier alpha value is -1.10. The van der Waals surface area contributed by atoms with Crippen LogP contribution in [0.15, 0.2) is 0 Å². The lowest BCUT2D eigenvalue weighted by Gasteiger charge is -1.87. The molecule has 0 aliphatic carbocycles. The average Bonchev–Trinajstić information content (AvgIpc) is 1.89. The van der Waals surface area contributed by atoms with Crippen LogP contribution < -0.4 is 11.3 Å². The summed E-state index contributed by atoms with van der Waals surface area (Å²) in [6.07, 6.45) is 0.333. The number of carbonyl (C=O) groups excluding carboxylic acids is 1. The van der Waals surface area contributed by atoms with Gasteiger partial charge in [-0.15, -0.1) is 0 Å². The van der Waals surface area contributed by atoms with Gasteiger partial charge in [-0.1, -0.05) is 13.8 Å². The molecule has 0 aromatic heterocycles. The van der Waals surface area contributed by atoms with Gasteiger partial charge in [0.15, 0.2) is 0 Å². The number of carbonyl (C=O) groups is 2. The molecular weight excluding hydrogens is 150 g/mol. The van der Waals surface area contributed by atoms with E-state index < -0.39 is 11.9 Å². The zero-order valence-corrected chi connectivity index (χ0v) is 7.09. The van der Waals surface area contributed by atoms with Gasteiger partial charge in [0.25, 0.3) is 0 Å². The molecule has 0 aliphatic rings. The van der Waals surface area contributed by atoms with Gasteiger partial charge in [-0.25, -0.2) is 0 Å². The summed E-state index contributed by atoms with van der Waals surface area (Å²) in [6, 6.07) is 0. The number of hydrogen-bond acceptors (Lipinski definition) is 3. The Labute approximate surface area is 65.6 Å². The summed E-state index contributed by atoms with van der Waals surface area (Å²) >= 11 is 0. The first-order valence-electron chi connectivity index (χ1n) is 2.96. The van der Waals surface area contributed by atoms with E-state index in [0.29, 0.717) is 0 Å². The van der Waals surface area contributed by atoms with Crippen molar-refractivity contribution in [3.8, 4) is 0 Å². The Kier molecular flexibility index (Phi) is 17.5. The molecule has 0 rings (SSSR count). The van der Waals surface area contributed by atoms with E-state index in [1.807, 2.05) is 0 Å². The second-order valence-electron chi connectivity index (χ2n) is 1.47. The van der Waals surface area contributed by atoms with Crippen molar-refractivity contribution in [2.24, 2.45) is 0 Å². The molecule has 0 radical (unpaired) electrons. The van der Waals surface area contributed by atoms with Crippen molar-refractivity contribution < 1.29 is 19.8 Å². The highest BCUT2D eigenvalue weighted by atomic mass is 16.4. The Balaban J connectivity index is -0.000000107. The second-order valence-corrected chi connectivity index (χ2v) is 1.47. The standard InChI is InChI=1S/2C3H6O2.H3N/c2*1-2-3(4)5;/h2*2H2,1H3,(H,4,5);1H3. The summed E-state index contributed by atoms with van der Waals surface area (Å²) in [5, 5.41) is 17.0. The molecule has 0 aromatic rings. The van der Waals surface area contributed by atoms with Crippen LogP contribution in [0, 0.1) is 0 Å². The Morgan fingerprint density at radius 2 is 1.45 bits per heavy atom. The Bertz CT molecular complexity index is 99.1. The highest BCUT2D eigenvalue weighted by Crippen LogP contribution is 1.67. The van der Waals surface area contributed by atoms with E-state index in [0.717, 1.165) is 0 Å². The van der Waals surface area contributed by atoms with Crippen LogP contribution in [-0.2, 0) is 9.59 Å². The maximum atomic E-state index is 9.37. The maximum absolute atomic E-state index is 9.37. The molecule has 0 unspecified atom stereocenters. The molecule has 0 bridgehead atoms. The van der Waals surface area contributed by atoms with Crippen LogP contribution in [-0.4, -0.2) is 17.0 Å². The molecular formula is C6H15NO4. The minimum atomic E-state index is -0.995. The fourth-order valence-corrected chi connectivity index (χ4v) is 0. The quantitative estimate of drug-likeness (QED) is 0.599. The van der Waals surface area contributed by atoms with Crippen LogP contribution >= 0.6 is 0 Å². The van der Waals surface area contributed by atoms with Crippen LogP contribution in [0.4, 0.5) is 0 Å². The predicted octanol–water partition coefficient (Wildman–Crippen LogP) is 0.00350. The van der Waals surface area contributed by atoms with E-state index >= 15 is 0 Å². The molecule has 0 fully saturated rings. The van der Waals surface area contributed by atoms with Gasteiger partial charge in [-0.05, 0) is 6.42 Å². The number of hydrogen-bond donors (Lipinski definition) is 2. The van der Waals surface area contributed by atoms with Crippen molar-refractivity contribution in [2.45, 2.75) is 26.7 Å². The van der Waals surface area contributed by atoms with Gasteiger partial charge in [0.2, 0.25) is 0 Å². The van der Waals surface area contributed by atoms with Gasteiger partial charge in [-0.3, -0.25) is 4.79 Å². The van der Waals surface area contributed by atoms with Crippen molar-refractivity contribution in [2.75, 3.05) is 0 Å². The molecule has 5 N–H and O–H groups in total. The third-order valence-corrected chi connectivity index (χ3v) is 0.591. The molecule has 68 valence electrons. The highest BCUT2D eigenvalue weighted by molar-refractivity contribution is 5.66. The SMILES string of the molecule is CCC(=O)O.CCC(=O)[O-].[NH4+]. The molecule has 0 heterocycles. The van der Waals surface area contributed by atoms with Gasteiger partial charge in [0.05, 0.1) is 0 Å². The smallest absolute Gasteiger partial charge is 0.303 e. The molecule has 0 aliphatic heterocycles. The van der Waals surface area contributed by atoms with Gasteiger partial charge in [0, 0.05) is 12.4 Å². The van der Waals surface area contributed by atoms with E-state index in [4.69, 9.17) is 5.11 Å². The van der Waals surface area contributed by atoms with Gasteiger partial charge >= 0.3 is 5.97 Å². The number of rotatable bonds is 2. The molecule has 0 saturated heterocycles. The number of aliphatic carboxylic acids is 2. The van der Waals surface area contributed by atoms with E-state index in [-0.39, 0.29) is 19.0 Å². The van der Waals surface area contributed by atoms with Gasteiger partial charge in [-0.2, -0.15) is 0 Å². The summed E-state index contributed by atoms with van der Waals surface area (Å²) in [4.78, 5) is 18.6. The van der Waals surface area contributed by atoms with Gasteiger partial charge < -0.3 is 21.2 Å². The predicted molar refractivity (Wildman–Crippen MR) is 39.2 cm³/mol. The van der Waals surface area contributed by atoms with Crippen molar-refractivity contribution in [3.63, 3.8) is 0 Å². The lowest BCUT2D eigenvalue weighted by Crippen LogP contribution is -2.19. The van der Waals surface area contributed by atoms with Crippen LogP contribution in [0.1, 0.15) is 26.7 Å². The van der Waals surface area contributed by atoms with E-state index in [2.05, 4.69) is 0 Å². The molecule has 5 heteroatoms. The van der Waals surface area contributed by atoms with E-state index in [1.54, 1.807) is 6.92 Å². The molecule has 0 amide bonds. The van der Waals surface area contributed by atoms with Crippen LogP contribution in [0.3, 0.4) is 0 Å². The zero-order chi connectivity index (χ0) is 8.57. The number of quaternary nitrogens is 1. The molecule has 0 spiro atoms. The minimum Gasteiger partial charge on any atom is -0.550 e. The number of carboxylic acid groups (broad SMARTS) is 2. The zero-order valence-electron chi connectivity index (χ0n) is 7.09. The molecule has 0 atom stereocenters. The fraction of sp³-hybridized carbons (Fsp3) is 0.667. The Morgan fingerprint density at radius 1 is 1.27 bits per heavy atom. The number of carboxylic acids is 2. The first-order valence-corrected chi connectivity index (χ1v) is 2.96. The minimum absolute atomic E-state index is 0. The van der Waals surface area contributed by atoms with E-state index in [1.165, 1.54) is 6.92 Å². The highest BCUT2D eigenvalue weighted by Gasteiger charge is 1.80. The summed E-state index contributed by atoms with van der Waals surface area (Å²) in [5.74, 6) is -1.74. The molecule has 11 heavy (non-hydrogen) atoms. The van der Waals surface area contributed by atoms with Crippen molar-refractivity contribution >= 4 is 11.9 Å². The first kappa shape index (κ1) is 16.5. The summed E-state index contributed by atoms with van der Waals surface area (Å²) < 4.78 is 0. The lowest BCUT2D eigenvalue weighted by atomic mass is 10.5. The van der Waals surface area contributed by atoms with Crippen LogP contribution in [0.5, 0.6) is 0 Å². The molecule has 0 aromatic carbocycles. The first-order chi connectivity index (χ1) is 4.54. The van der Waals surface area contributed by atoms with Crippen molar-refractivity contribution in [1.82, 2.24) is 6.15 Å². The van der Waals surface area contributed by atoms with Crippen molar-refractivity contribution in [1.29, 1.82) is 0 Å². The summed E-state index contributed by atoms with van der Waals surface area (Å²) in [5.41, 5.74) is 0. The lowest BCUT2D eigenvalue weighted by molar-refractivity contribution is -0.305.